The molecule has 2 aromatic rings. The van der Waals surface area contributed by atoms with Crippen LogP contribution in [0.15, 0.2) is 24.4 Å². The lowest BCUT2D eigenvalue weighted by Crippen LogP contribution is -2.46. The number of benzene rings is 1. The van der Waals surface area contributed by atoms with E-state index in [1.54, 1.807) is 12.3 Å². The fourth-order valence-corrected chi connectivity index (χ4v) is 2.00. The Morgan fingerprint density at radius 1 is 1.53 bits per heavy atom. The number of carbonyl (C=O) groups is 1. The summed E-state index contributed by atoms with van der Waals surface area (Å²) in [5, 5.41) is 19.7. The van der Waals surface area contributed by atoms with Gasteiger partial charge in [-0.2, -0.15) is 5.10 Å². The van der Waals surface area contributed by atoms with Crippen LogP contribution in [0.1, 0.15) is 37.0 Å². The van der Waals surface area contributed by atoms with Crippen LogP contribution in [0, 0.1) is 0 Å². The molecule has 3 N–H and O–H groups in total. The first kappa shape index (κ1) is 13.5. The Morgan fingerprint density at radius 3 is 3.00 bits per heavy atom. The monoisotopic (exact) mass is 261 g/mol. The van der Waals surface area contributed by atoms with E-state index in [4.69, 9.17) is 5.11 Å². The molecule has 0 fully saturated rings. The van der Waals surface area contributed by atoms with Gasteiger partial charge in [-0.1, -0.05) is 6.92 Å². The van der Waals surface area contributed by atoms with Crippen molar-refractivity contribution in [3.8, 4) is 0 Å². The SMILES string of the molecule is CCC(C)(CCO)NC(=O)c1ccc2[nH]ncc2c1. The predicted octanol–water partition coefficient (Wildman–Crippen LogP) is 1.84. The summed E-state index contributed by atoms with van der Waals surface area (Å²) >= 11 is 0. The minimum Gasteiger partial charge on any atom is -0.396 e. The number of aliphatic hydroxyl groups excluding tert-OH is 1. The summed E-state index contributed by atoms with van der Waals surface area (Å²) in [4.78, 5) is 12.2. The molecule has 0 saturated carbocycles. The molecule has 19 heavy (non-hydrogen) atoms. The summed E-state index contributed by atoms with van der Waals surface area (Å²) in [6, 6.07) is 5.42. The van der Waals surface area contributed by atoms with Gasteiger partial charge in [-0.3, -0.25) is 9.89 Å². The Kier molecular flexibility index (Phi) is 3.85. The molecule has 0 aliphatic carbocycles. The lowest BCUT2D eigenvalue weighted by Gasteiger charge is -2.29. The molecular weight excluding hydrogens is 242 g/mol. The van der Waals surface area contributed by atoms with Crippen molar-refractivity contribution in [2.24, 2.45) is 0 Å². The van der Waals surface area contributed by atoms with Crippen LogP contribution in [0.4, 0.5) is 0 Å². The van der Waals surface area contributed by atoms with Crippen LogP contribution in [0.5, 0.6) is 0 Å². The van der Waals surface area contributed by atoms with Gasteiger partial charge in [0.25, 0.3) is 5.91 Å². The van der Waals surface area contributed by atoms with E-state index in [9.17, 15) is 4.79 Å². The third-order valence-electron chi connectivity index (χ3n) is 3.56. The number of aromatic nitrogens is 2. The number of rotatable bonds is 5. The molecule has 102 valence electrons. The van der Waals surface area contributed by atoms with E-state index in [1.807, 2.05) is 26.0 Å². The lowest BCUT2D eigenvalue weighted by molar-refractivity contribution is 0.0886. The Hall–Kier alpha value is -1.88. The standard InChI is InChI=1S/C14H19N3O2/c1-3-14(2,6-7-18)16-13(19)10-4-5-12-11(8-10)9-15-17-12/h4-5,8-9,18H,3,6-7H2,1-2H3,(H,15,17)(H,16,19). The highest BCUT2D eigenvalue weighted by Crippen LogP contribution is 2.17. The van der Waals surface area contributed by atoms with Crippen molar-refractivity contribution >= 4 is 16.8 Å². The van der Waals surface area contributed by atoms with Gasteiger partial charge in [-0.05, 0) is 38.0 Å². The van der Waals surface area contributed by atoms with Crippen LogP contribution >= 0.6 is 0 Å². The largest absolute Gasteiger partial charge is 0.396 e. The Balaban J connectivity index is 2.18. The maximum absolute atomic E-state index is 12.2. The topological polar surface area (TPSA) is 78.0 Å². The second kappa shape index (κ2) is 5.40. The van der Waals surface area contributed by atoms with E-state index in [1.165, 1.54) is 0 Å². The van der Waals surface area contributed by atoms with Gasteiger partial charge in [-0.15, -0.1) is 0 Å². The fourth-order valence-electron chi connectivity index (χ4n) is 2.00. The Morgan fingerprint density at radius 2 is 2.32 bits per heavy atom. The molecule has 1 aromatic carbocycles. The summed E-state index contributed by atoms with van der Waals surface area (Å²) in [6.07, 6.45) is 3.01. The molecule has 1 amide bonds. The van der Waals surface area contributed by atoms with Crippen LogP contribution in [0.25, 0.3) is 10.9 Å². The average Bonchev–Trinajstić information content (AvgIpc) is 2.86. The maximum Gasteiger partial charge on any atom is 0.251 e. The first-order valence-electron chi connectivity index (χ1n) is 6.44. The maximum atomic E-state index is 12.2. The number of aliphatic hydroxyl groups is 1. The van der Waals surface area contributed by atoms with Crippen LogP contribution in [-0.4, -0.2) is 33.4 Å². The first-order valence-corrected chi connectivity index (χ1v) is 6.44. The zero-order chi connectivity index (χ0) is 13.9. The summed E-state index contributed by atoms with van der Waals surface area (Å²) in [5.74, 6) is -0.124. The van der Waals surface area contributed by atoms with Crippen molar-refractivity contribution < 1.29 is 9.90 Å². The van der Waals surface area contributed by atoms with E-state index >= 15 is 0 Å². The van der Waals surface area contributed by atoms with Gasteiger partial charge >= 0.3 is 0 Å². The van der Waals surface area contributed by atoms with Crippen molar-refractivity contribution in [1.29, 1.82) is 0 Å². The van der Waals surface area contributed by atoms with Crippen molar-refractivity contribution in [2.45, 2.75) is 32.2 Å². The van der Waals surface area contributed by atoms with Crippen LogP contribution in [0.2, 0.25) is 0 Å². The molecular formula is C14H19N3O2. The van der Waals surface area contributed by atoms with Gasteiger partial charge in [0.15, 0.2) is 0 Å². The molecule has 0 aliphatic rings. The molecule has 5 nitrogen and oxygen atoms in total. The lowest BCUT2D eigenvalue weighted by atomic mass is 9.94. The minimum absolute atomic E-state index is 0.0609. The molecule has 0 aliphatic heterocycles. The first-order chi connectivity index (χ1) is 9.08. The second-order valence-electron chi connectivity index (χ2n) is 5.01. The van der Waals surface area contributed by atoms with E-state index < -0.39 is 0 Å². The Bertz CT molecular complexity index is 579. The van der Waals surface area contributed by atoms with E-state index in [0.717, 1.165) is 17.3 Å². The van der Waals surface area contributed by atoms with Crippen LogP contribution in [0.3, 0.4) is 0 Å². The van der Waals surface area contributed by atoms with Gasteiger partial charge in [0.1, 0.15) is 0 Å². The number of nitrogens with one attached hydrogen (secondary N) is 2. The number of fused-ring (bicyclic) bond motifs is 1. The number of amides is 1. The van der Waals surface area contributed by atoms with Crippen molar-refractivity contribution in [1.82, 2.24) is 15.5 Å². The van der Waals surface area contributed by atoms with Crippen molar-refractivity contribution in [3.63, 3.8) is 0 Å². The minimum atomic E-state index is -0.378. The number of nitrogens with zero attached hydrogens (tertiary/aromatic N) is 1. The zero-order valence-electron chi connectivity index (χ0n) is 11.2. The van der Waals surface area contributed by atoms with E-state index in [2.05, 4.69) is 15.5 Å². The van der Waals surface area contributed by atoms with Gasteiger partial charge in [-0.25, -0.2) is 0 Å². The normalized spacial score (nSPS) is 14.3. The predicted molar refractivity (Wildman–Crippen MR) is 74.0 cm³/mol. The smallest absolute Gasteiger partial charge is 0.251 e. The third-order valence-corrected chi connectivity index (χ3v) is 3.56. The van der Waals surface area contributed by atoms with Gasteiger partial charge < -0.3 is 10.4 Å². The van der Waals surface area contributed by atoms with Crippen LogP contribution < -0.4 is 5.32 Å². The highest BCUT2D eigenvalue weighted by Gasteiger charge is 2.24. The van der Waals surface area contributed by atoms with Crippen LogP contribution in [-0.2, 0) is 0 Å². The molecule has 1 unspecified atom stereocenters. The molecule has 0 spiro atoms. The summed E-state index contributed by atoms with van der Waals surface area (Å²) < 4.78 is 0. The quantitative estimate of drug-likeness (QED) is 0.768. The molecule has 0 bridgehead atoms. The number of carbonyl (C=O) groups excluding carboxylic acids is 1. The van der Waals surface area contributed by atoms with Crippen molar-refractivity contribution in [3.05, 3.63) is 30.0 Å². The molecule has 2 rings (SSSR count). The molecule has 0 saturated heterocycles. The highest BCUT2D eigenvalue weighted by molar-refractivity contribution is 5.98. The molecule has 1 atom stereocenters. The molecule has 1 aromatic heterocycles. The molecule has 5 heteroatoms. The van der Waals surface area contributed by atoms with Crippen molar-refractivity contribution in [2.75, 3.05) is 6.61 Å². The van der Waals surface area contributed by atoms with E-state index in [0.29, 0.717) is 12.0 Å². The number of hydrogen-bond donors (Lipinski definition) is 3. The summed E-state index contributed by atoms with van der Waals surface area (Å²) in [7, 11) is 0. The molecule has 0 radical (unpaired) electrons. The second-order valence-corrected chi connectivity index (χ2v) is 5.01. The Labute approximate surface area is 112 Å². The highest BCUT2D eigenvalue weighted by atomic mass is 16.3. The summed E-state index contributed by atoms with van der Waals surface area (Å²) in [6.45, 7) is 4.00. The molecule has 1 heterocycles. The van der Waals surface area contributed by atoms with E-state index in [-0.39, 0.29) is 18.1 Å². The number of aromatic amines is 1. The van der Waals surface area contributed by atoms with Gasteiger partial charge in [0.2, 0.25) is 0 Å². The zero-order valence-corrected chi connectivity index (χ0v) is 11.2. The number of H-pyrrole nitrogens is 1. The average molecular weight is 261 g/mol. The van der Waals surface area contributed by atoms with Gasteiger partial charge in [0.05, 0.1) is 11.7 Å². The summed E-state index contributed by atoms with van der Waals surface area (Å²) in [5.41, 5.74) is 1.13. The third kappa shape index (κ3) is 2.93. The fraction of sp³-hybridized carbons (Fsp3) is 0.429. The van der Waals surface area contributed by atoms with Gasteiger partial charge in [0, 0.05) is 23.1 Å². The number of hydrogen-bond acceptors (Lipinski definition) is 3.